The molecule has 0 saturated heterocycles. The van der Waals surface area contributed by atoms with Gasteiger partial charge in [0.25, 0.3) is 11.5 Å². The molecule has 3 aromatic rings. The minimum atomic E-state index is -1.13. The maximum Gasteiger partial charge on any atom is 0.331 e. The van der Waals surface area contributed by atoms with Crippen LogP contribution in [-0.4, -0.2) is 43.7 Å². The summed E-state index contributed by atoms with van der Waals surface area (Å²) in [6.07, 6.45) is 3.99. The smallest absolute Gasteiger partial charge is 0.331 e. The second-order valence-electron chi connectivity index (χ2n) is 11.1. The maximum atomic E-state index is 13.2. The van der Waals surface area contributed by atoms with Crippen LogP contribution in [0.1, 0.15) is 68.9 Å². The fourth-order valence-electron chi connectivity index (χ4n) is 4.98. The molecule has 0 radical (unpaired) electrons. The quantitative estimate of drug-likeness (QED) is 0.406. The third kappa shape index (κ3) is 4.53. The van der Waals surface area contributed by atoms with Gasteiger partial charge in [0.2, 0.25) is 0 Å². The molecule has 10 nitrogen and oxygen atoms in total. The van der Waals surface area contributed by atoms with Crippen molar-refractivity contribution in [2.45, 2.75) is 65.1 Å². The number of carbonyl (C=O) groups is 2. The number of nitriles is 1. The van der Waals surface area contributed by atoms with Gasteiger partial charge in [-0.25, -0.2) is 4.79 Å². The number of anilines is 2. The summed E-state index contributed by atoms with van der Waals surface area (Å²) in [5.41, 5.74) is 1.23. The first-order valence-corrected chi connectivity index (χ1v) is 13.0. The topological polar surface area (TPSA) is 133 Å². The molecular weight excluding hydrogens is 484 g/mol. The number of carbonyl (C=O) groups excluding carboxylic acids is 2. The largest absolute Gasteiger partial charge is 0.464 e. The van der Waals surface area contributed by atoms with E-state index in [0.29, 0.717) is 46.9 Å². The zero-order chi connectivity index (χ0) is 27.2. The maximum absolute atomic E-state index is 13.2. The highest BCUT2D eigenvalue weighted by Crippen LogP contribution is 2.43. The van der Waals surface area contributed by atoms with Gasteiger partial charge >= 0.3 is 5.97 Å². The molecule has 3 heterocycles. The number of hydrogen-bond acceptors (Lipinski definition) is 7. The predicted octanol–water partition coefficient (Wildman–Crippen LogP) is 4.27. The van der Waals surface area contributed by atoms with Crippen LogP contribution in [0.5, 0.6) is 0 Å². The SMILES string of the molecule is CC(C)COC(=O)C(C)(C)N1Cc2cc(Nc3nn(C(CC#N)C4CC4)c4cc[nH]c(=O)c34)ccc2C1=O. The molecule has 5 rings (SSSR count). The number of fused-ring (bicyclic) bond motifs is 2. The van der Waals surface area contributed by atoms with Crippen molar-refractivity contribution in [3.8, 4) is 6.07 Å². The van der Waals surface area contributed by atoms with Crippen molar-refractivity contribution in [1.82, 2.24) is 19.7 Å². The summed E-state index contributed by atoms with van der Waals surface area (Å²) in [5.74, 6) is 0.292. The van der Waals surface area contributed by atoms with Gasteiger partial charge in [-0.3, -0.25) is 14.3 Å². The van der Waals surface area contributed by atoms with Crippen LogP contribution in [-0.2, 0) is 16.1 Å². The lowest BCUT2D eigenvalue weighted by Gasteiger charge is -2.33. The van der Waals surface area contributed by atoms with Crippen molar-refractivity contribution in [3.63, 3.8) is 0 Å². The number of aromatic amines is 1. The van der Waals surface area contributed by atoms with Crippen LogP contribution >= 0.6 is 0 Å². The zero-order valence-electron chi connectivity index (χ0n) is 22.1. The lowest BCUT2D eigenvalue weighted by Crippen LogP contribution is -2.51. The number of nitrogens with zero attached hydrogens (tertiary/aromatic N) is 4. The van der Waals surface area contributed by atoms with Crippen molar-refractivity contribution in [1.29, 1.82) is 5.26 Å². The molecule has 1 fully saturated rings. The van der Waals surface area contributed by atoms with E-state index >= 15 is 0 Å². The van der Waals surface area contributed by atoms with Crippen LogP contribution < -0.4 is 10.9 Å². The van der Waals surface area contributed by atoms with Gasteiger partial charge < -0.3 is 19.9 Å². The number of esters is 1. The molecule has 0 bridgehead atoms. The lowest BCUT2D eigenvalue weighted by atomic mass is 10.0. The first-order chi connectivity index (χ1) is 18.1. The zero-order valence-corrected chi connectivity index (χ0v) is 22.1. The second kappa shape index (κ2) is 9.63. The highest BCUT2D eigenvalue weighted by molar-refractivity contribution is 6.02. The molecule has 2 N–H and O–H groups in total. The number of pyridine rings is 1. The monoisotopic (exact) mass is 516 g/mol. The molecule has 2 aliphatic rings. The van der Waals surface area contributed by atoms with Gasteiger partial charge in [-0.1, -0.05) is 13.8 Å². The summed E-state index contributed by atoms with van der Waals surface area (Å²) >= 11 is 0. The van der Waals surface area contributed by atoms with E-state index < -0.39 is 11.5 Å². The third-order valence-corrected chi connectivity index (χ3v) is 7.31. The molecule has 1 unspecified atom stereocenters. The van der Waals surface area contributed by atoms with E-state index in [9.17, 15) is 19.6 Å². The summed E-state index contributed by atoms with van der Waals surface area (Å²) in [7, 11) is 0. The Kier molecular flexibility index (Phi) is 6.47. The molecule has 198 valence electrons. The van der Waals surface area contributed by atoms with Gasteiger partial charge in [0, 0.05) is 24.0 Å². The Morgan fingerprint density at radius 1 is 1.29 bits per heavy atom. The van der Waals surface area contributed by atoms with Crippen LogP contribution in [0.4, 0.5) is 11.5 Å². The first-order valence-electron chi connectivity index (χ1n) is 13.0. The molecule has 38 heavy (non-hydrogen) atoms. The molecule has 1 aliphatic carbocycles. The van der Waals surface area contributed by atoms with Crippen molar-refractivity contribution >= 4 is 34.3 Å². The van der Waals surface area contributed by atoms with Crippen molar-refractivity contribution < 1.29 is 14.3 Å². The van der Waals surface area contributed by atoms with E-state index in [4.69, 9.17) is 9.84 Å². The number of amides is 1. The van der Waals surface area contributed by atoms with Crippen molar-refractivity contribution in [2.24, 2.45) is 11.8 Å². The highest BCUT2D eigenvalue weighted by Gasteiger charge is 2.43. The van der Waals surface area contributed by atoms with Gasteiger partial charge in [-0.15, -0.1) is 0 Å². The van der Waals surface area contributed by atoms with E-state index in [1.807, 2.05) is 19.9 Å². The first kappa shape index (κ1) is 25.5. The van der Waals surface area contributed by atoms with E-state index in [-0.39, 0.29) is 30.0 Å². The summed E-state index contributed by atoms with van der Waals surface area (Å²) in [5, 5.41) is 17.8. The highest BCUT2D eigenvalue weighted by atomic mass is 16.5. The number of aromatic nitrogens is 3. The van der Waals surface area contributed by atoms with Gasteiger partial charge in [-0.05, 0) is 68.4 Å². The van der Waals surface area contributed by atoms with Gasteiger partial charge in [-0.2, -0.15) is 10.4 Å². The fourth-order valence-corrected chi connectivity index (χ4v) is 4.98. The summed E-state index contributed by atoms with van der Waals surface area (Å²) in [6.45, 7) is 7.86. The molecule has 2 aromatic heterocycles. The molecule has 10 heteroatoms. The lowest BCUT2D eigenvalue weighted by molar-refractivity contribution is -0.156. The van der Waals surface area contributed by atoms with Crippen LogP contribution in [0.2, 0.25) is 0 Å². The van der Waals surface area contributed by atoms with E-state index in [1.54, 1.807) is 42.9 Å². The normalized spacial score (nSPS) is 16.0. The van der Waals surface area contributed by atoms with Gasteiger partial charge in [0.15, 0.2) is 5.82 Å². The Morgan fingerprint density at radius 3 is 2.74 bits per heavy atom. The van der Waals surface area contributed by atoms with E-state index in [0.717, 1.165) is 18.4 Å². The molecule has 1 atom stereocenters. The predicted molar refractivity (Wildman–Crippen MR) is 142 cm³/mol. The molecule has 1 saturated carbocycles. The van der Waals surface area contributed by atoms with Crippen LogP contribution in [0.25, 0.3) is 10.9 Å². The standard InChI is InChI=1S/C28H32N6O4/c1-16(2)15-38-27(37)28(3,4)33-14-18-13-19(7-8-20(18)26(33)36)31-24-23-22(10-12-30-25(23)35)34(32-24)21(9-11-29)17-5-6-17/h7-8,10,12-13,16-17,21H,5-6,9,14-15H2,1-4H3,(H,30,35)(H,31,32). The molecule has 1 aromatic carbocycles. The van der Waals surface area contributed by atoms with Crippen molar-refractivity contribution in [2.75, 3.05) is 11.9 Å². The average molecular weight is 517 g/mol. The Labute approximate surface area is 220 Å². The van der Waals surface area contributed by atoms with Crippen LogP contribution in [0, 0.1) is 23.2 Å². The molecule has 0 spiro atoms. The number of H-pyrrole nitrogens is 1. The van der Waals surface area contributed by atoms with E-state index in [2.05, 4.69) is 16.4 Å². The minimum absolute atomic E-state index is 0.0938. The Morgan fingerprint density at radius 2 is 2.05 bits per heavy atom. The average Bonchev–Trinajstić information content (AvgIpc) is 3.58. The third-order valence-electron chi connectivity index (χ3n) is 7.31. The number of benzene rings is 1. The van der Waals surface area contributed by atoms with E-state index in [1.165, 1.54) is 4.90 Å². The Hall–Kier alpha value is -4.13. The number of hydrogen-bond donors (Lipinski definition) is 2. The van der Waals surface area contributed by atoms with Crippen LogP contribution in [0.3, 0.4) is 0 Å². The second-order valence-corrected chi connectivity index (χ2v) is 11.1. The molecule has 1 amide bonds. The number of ether oxygens (including phenoxy) is 1. The summed E-state index contributed by atoms with van der Waals surface area (Å²) in [4.78, 5) is 43.0. The summed E-state index contributed by atoms with van der Waals surface area (Å²) in [6, 6.07) is 9.31. The molecule has 1 aliphatic heterocycles. The number of rotatable bonds is 9. The summed E-state index contributed by atoms with van der Waals surface area (Å²) < 4.78 is 7.24. The van der Waals surface area contributed by atoms with Crippen molar-refractivity contribution in [3.05, 3.63) is 51.9 Å². The van der Waals surface area contributed by atoms with Gasteiger partial charge in [0.05, 0.1) is 30.7 Å². The Bertz CT molecular complexity index is 1510. The minimum Gasteiger partial charge on any atom is -0.464 e. The Balaban J connectivity index is 1.43. The van der Waals surface area contributed by atoms with Crippen LogP contribution in [0.15, 0.2) is 35.3 Å². The molecular formula is C28H32N6O4. The fraction of sp³-hybridized carbons (Fsp3) is 0.464. The van der Waals surface area contributed by atoms with Gasteiger partial charge in [0.1, 0.15) is 10.9 Å². The number of nitrogens with one attached hydrogen (secondary N) is 2.